The molecule has 0 saturated carbocycles. The van der Waals surface area contributed by atoms with Gasteiger partial charge in [-0.15, -0.1) is 0 Å². The second-order valence-corrected chi connectivity index (χ2v) is 4.60. The van der Waals surface area contributed by atoms with Gasteiger partial charge >= 0.3 is 0 Å². The highest BCUT2D eigenvalue weighted by Gasteiger charge is 2.27. The smallest absolute Gasteiger partial charge is 0.200 e. The van der Waals surface area contributed by atoms with E-state index >= 15 is 0 Å². The van der Waals surface area contributed by atoms with Crippen molar-refractivity contribution < 1.29 is 27.1 Å². The van der Waals surface area contributed by atoms with Gasteiger partial charge in [0.2, 0.25) is 5.82 Å². The number of aliphatic hydroxyl groups excluding tert-OH is 1. The molecule has 2 N–H and O–H groups in total. The maximum absolute atomic E-state index is 13.4. The Balaban J connectivity index is 3.13. The third kappa shape index (κ3) is 3.34. The molecule has 0 aromatic heterocycles. The van der Waals surface area contributed by atoms with E-state index in [2.05, 4.69) is 5.32 Å². The van der Waals surface area contributed by atoms with Crippen LogP contribution in [0.25, 0.3) is 0 Å². The van der Waals surface area contributed by atoms with E-state index in [9.17, 15) is 22.0 Å². The molecule has 1 unspecified atom stereocenters. The number of rotatable bonds is 5. The van der Waals surface area contributed by atoms with Crippen LogP contribution in [0, 0.1) is 35.0 Å². The number of nitrogens with one attached hydrogen (secondary N) is 1. The molecular weight excluding hydrogens is 269 g/mol. The van der Waals surface area contributed by atoms with Crippen LogP contribution in [-0.4, -0.2) is 17.8 Å². The molecule has 1 rings (SSSR count). The zero-order valence-corrected chi connectivity index (χ0v) is 10.4. The van der Waals surface area contributed by atoms with Gasteiger partial charge in [0, 0.05) is 6.04 Å². The molecule has 0 heterocycles. The third-order valence-corrected chi connectivity index (χ3v) is 2.53. The molecule has 0 aliphatic rings. The Hall–Kier alpha value is -1.37. The van der Waals surface area contributed by atoms with Crippen LogP contribution < -0.4 is 5.32 Å². The van der Waals surface area contributed by atoms with Crippen molar-refractivity contribution in [3.63, 3.8) is 0 Å². The first-order valence-electron chi connectivity index (χ1n) is 5.68. The van der Waals surface area contributed by atoms with Crippen molar-refractivity contribution in [2.45, 2.75) is 26.3 Å². The van der Waals surface area contributed by atoms with Crippen LogP contribution >= 0.6 is 0 Å². The van der Waals surface area contributed by atoms with E-state index < -0.39 is 47.4 Å². The Bertz CT molecular complexity index is 435. The fourth-order valence-corrected chi connectivity index (χ4v) is 1.68. The van der Waals surface area contributed by atoms with Gasteiger partial charge in [0.25, 0.3) is 0 Å². The Morgan fingerprint density at radius 3 is 1.68 bits per heavy atom. The highest BCUT2D eigenvalue weighted by Crippen LogP contribution is 2.28. The monoisotopic (exact) mass is 283 g/mol. The largest absolute Gasteiger partial charge is 0.394 e. The number of hydrogen-bond donors (Lipinski definition) is 2. The maximum atomic E-state index is 13.4. The Labute approximate surface area is 107 Å². The summed E-state index contributed by atoms with van der Waals surface area (Å²) in [5, 5.41) is 11.2. The van der Waals surface area contributed by atoms with Crippen LogP contribution in [0.2, 0.25) is 0 Å². The first-order valence-corrected chi connectivity index (χ1v) is 5.68. The minimum atomic E-state index is -2.20. The standard InChI is InChI=1S/C12H14F5NO/c1-5(2)3-6(4-19)18-12-10(16)8(14)7(13)9(15)11(12)17/h5-6,18-19H,3-4H2,1-2H3. The van der Waals surface area contributed by atoms with Crippen LogP contribution in [0.1, 0.15) is 20.3 Å². The lowest BCUT2D eigenvalue weighted by Crippen LogP contribution is -2.27. The molecule has 0 saturated heterocycles. The number of halogens is 5. The molecule has 7 heteroatoms. The van der Waals surface area contributed by atoms with Crippen LogP contribution in [0.3, 0.4) is 0 Å². The van der Waals surface area contributed by atoms with Crippen molar-refractivity contribution in [2.75, 3.05) is 11.9 Å². The first-order chi connectivity index (χ1) is 8.79. The molecule has 0 radical (unpaired) electrons. The van der Waals surface area contributed by atoms with Crippen molar-refractivity contribution in [2.24, 2.45) is 5.92 Å². The molecule has 1 aromatic rings. The van der Waals surface area contributed by atoms with Crippen molar-refractivity contribution in [3.05, 3.63) is 29.1 Å². The van der Waals surface area contributed by atoms with E-state index in [1.54, 1.807) is 13.8 Å². The summed E-state index contributed by atoms with van der Waals surface area (Å²) in [6.45, 7) is 3.10. The molecule has 108 valence electrons. The van der Waals surface area contributed by atoms with Crippen molar-refractivity contribution in [3.8, 4) is 0 Å². The van der Waals surface area contributed by atoms with E-state index in [0.717, 1.165) is 0 Å². The summed E-state index contributed by atoms with van der Waals surface area (Å²) >= 11 is 0. The lowest BCUT2D eigenvalue weighted by molar-refractivity contribution is 0.258. The third-order valence-electron chi connectivity index (χ3n) is 2.53. The second-order valence-electron chi connectivity index (χ2n) is 4.60. The number of aliphatic hydroxyl groups is 1. The minimum absolute atomic E-state index is 0.0749. The van der Waals surface area contributed by atoms with Crippen LogP contribution in [0.5, 0.6) is 0 Å². The van der Waals surface area contributed by atoms with Gasteiger partial charge in [-0.05, 0) is 12.3 Å². The van der Waals surface area contributed by atoms with Gasteiger partial charge in [-0.3, -0.25) is 0 Å². The molecule has 0 bridgehead atoms. The lowest BCUT2D eigenvalue weighted by atomic mass is 10.0. The minimum Gasteiger partial charge on any atom is -0.394 e. The zero-order chi connectivity index (χ0) is 14.7. The fraction of sp³-hybridized carbons (Fsp3) is 0.500. The van der Waals surface area contributed by atoms with Gasteiger partial charge in [0.15, 0.2) is 23.3 Å². The molecule has 0 aliphatic heterocycles. The normalized spacial score (nSPS) is 12.9. The summed E-state index contributed by atoms with van der Waals surface area (Å²) < 4.78 is 65.5. The number of benzene rings is 1. The Kier molecular flexibility index (Phi) is 5.11. The van der Waals surface area contributed by atoms with E-state index in [0.29, 0.717) is 6.42 Å². The average Bonchev–Trinajstić information content (AvgIpc) is 2.37. The molecule has 0 amide bonds. The summed E-state index contributed by atoms with van der Waals surface area (Å²) in [6.07, 6.45) is 0.315. The molecule has 19 heavy (non-hydrogen) atoms. The Morgan fingerprint density at radius 1 is 0.895 bits per heavy atom. The molecule has 0 fully saturated rings. The molecule has 1 atom stereocenters. The van der Waals surface area contributed by atoms with E-state index in [1.165, 1.54) is 0 Å². The summed E-state index contributed by atoms with van der Waals surface area (Å²) in [4.78, 5) is 0. The number of hydrogen-bond acceptors (Lipinski definition) is 2. The zero-order valence-electron chi connectivity index (χ0n) is 10.4. The van der Waals surface area contributed by atoms with Crippen LogP contribution in [0.4, 0.5) is 27.6 Å². The summed E-state index contributed by atoms with van der Waals surface area (Å²) in [5.41, 5.74) is -1.11. The SMILES string of the molecule is CC(C)CC(CO)Nc1c(F)c(F)c(F)c(F)c1F. The molecular formula is C12H14F5NO. The fourth-order valence-electron chi connectivity index (χ4n) is 1.68. The molecule has 0 spiro atoms. The molecule has 2 nitrogen and oxygen atoms in total. The summed E-state index contributed by atoms with van der Waals surface area (Å²) in [7, 11) is 0. The van der Waals surface area contributed by atoms with Gasteiger partial charge < -0.3 is 10.4 Å². The van der Waals surface area contributed by atoms with E-state index in [4.69, 9.17) is 5.11 Å². The number of anilines is 1. The highest BCUT2D eigenvalue weighted by atomic mass is 19.2. The van der Waals surface area contributed by atoms with Crippen LogP contribution in [-0.2, 0) is 0 Å². The summed E-state index contributed by atoms with van der Waals surface area (Å²) in [6, 6.07) is -0.798. The predicted octanol–water partition coefficient (Wildman–Crippen LogP) is 3.20. The van der Waals surface area contributed by atoms with Crippen molar-refractivity contribution >= 4 is 5.69 Å². The first kappa shape index (κ1) is 15.7. The topological polar surface area (TPSA) is 32.3 Å². The maximum Gasteiger partial charge on any atom is 0.200 e. The average molecular weight is 283 g/mol. The molecule has 1 aromatic carbocycles. The highest BCUT2D eigenvalue weighted by molar-refractivity contribution is 5.48. The van der Waals surface area contributed by atoms with E-state index in [1.807, 2.05) is 0 Å². The summed E-state index contributed by atoms with van der Waals surface area (Å²) in [5.74, 6) is -10.0. The Morgan fingerprint density at radius 2 is 1.32 bits per heavy atom. The van der Waals surface area contributed by atoms with Gasteiger partial charge in [0.1, 0.15) is 5.69 Å². The predicted molar refractivity (Wildman–Crippen MR) is 60.2 cm³/mol. The quantitative estimate of drug-likeness (QED) is 0.494. The van der Waals surface area contributed by atoms with Gasteiger partial charge in [-0.1, -0.05) is 13.8 Å². The second kappa shape index (κ2) is 6.18. The van der Waals surface area contributed by atoms with Crippen molar-refractivity contribution in [1.82, 2.24) is 0 Å². The van der Waals surface area contributed by atoms with Crippen molar-refractivity contribution in [1.29, 1.82) is 0 Å². The van der Waals surface area contributed by atoms with Gasteiger partial charge in [-0.2, -0.15) is 0 Å². The lowest BCUT2D eigenvalue weighted by Gasteiger charge is -2.20. The van der Waals surface area contributed by atoms with E-state index in [-0.39, 0.29) is 5.92 Å². The molecule has 0 aliphatic carbocycles. The van der Waals surface area contributed by atoms with Gasteiger partial charge in [-0.25, -0.2) is 22.0 Å². The van der Waals surface area contributed by atoms with Gasteiger partial charge in [0.05, 0.1) is 6.61 Å². The van der Waals surface area contributed by atoms with Crippen LogP contribution in [0.15, 0.2) is 0 Å².